The van der Waals surface area contributed by atoms with Crippen LogP contribution >= 0.6 is 0 Å². The van der Waals surface area contributed by atoms with Gasteiger partial charge in [-0.2, -0.15) is 15.8 Å². The Bertz CT molecular complexity index is 3920. The summed E-state index contributed by atoms with van der Waals surface area (Å²) in [6.45, 7) is 25.7. The fraction of sp³-hybridized carbons (Fsp3) is 0.595. The zero-order valence-corrected chi connectivity index (χ0v) is 62.7. The molecule has 0 radical (unpaired) electrons. The summed E-state index contributed by atoms with van der Waals surface area (Å²) in [4.78, 5) is 155. The molecule has 0 aromatic heterocycles. The van der Waals surface area contributed by atoms with Gasteiger partial charge in [0, 0.05) is 75.6 Å². The monoisotopic (exact) mass is 1440 g/mol. The van der Waals surface area contributed by atoms with Crippen LogP contribution in [0.1, 0.15) is 177 Å². The van der Waals surface area contributed by atoms with Crippen molar-refractivity contribution in [1.82, 2.24) is 29.4 Å². The molecule has 3 spiro atoms. The van der Waals surface area contributed by atoms with Crippen molar-refractivity contribution in [3.8, 4) is 18.2 Å². The van der Waals surface area contributed by atoms with Gasteiger partial charge in [0.25, 0.3) is 0 Å². The van der Waals surface area contributed by atoms with E-state index in [-0.39, 0.29) is 117 Å². The highest BCUT2D eigenvalue weighted by atomic mass is 16.5. The van der Waals surface area contributed by atoms with Crippen LogP contribution in [0.4, 0.5) is 17.1 Å². The second-order valence-electron chi connectivity index (χ2n) is 33.4. The number of fused-ring (bicyclic) bond motifs is 6. The highest BCUT2D eigenvalue weighted by molar-refractivity contribution is 6.10. The zero-order valence-electron chi connectivity index (χ0n) is 62.7. The Morgan fingerprint density at radius 2 is 0.733 bits per heavy atom. The normalized spacial score (nSPS) is 26.5. The lowest BCUT2D eigenvalue weighted by Gasteiger charge is -2.36. The van der Waals surface area contributed by atoms with E-state index in [9.17, 15) is 68.5 Å². The van der Waals surface area contributed by atoms with Gasteiger partial charge in [-0.25, -0.2) is 0 Å². The summed E-state index contributed by atoms with van der Waals surface area (Å²) in [5.41, 5.74) is 6.39. The summed E-state index contributed by atoms with van der Waals surface area (Å²) in [7, 11) is 0. The van der Waals surface area contributed by atoms with Crippen LogP contribution in [0, 0.1) is 62.1 Å². The number of carbonyl (C=O) groups excluding carboxylic acids is 11. The SMILES string of the molecule is CC(C)(C)C(N)C(=O)N1CCC[C@H]1C(=O)N1C[C@]2(C[C@H]1C#N)C(=O)Nc1ccccc12.CC(C)OC(=O)CC(C(=O)N1CCC[C@H]1C(=O)N1C[C@]2(C[C@H]1C#N)C(=O)Nc1ccccc12)C(C)(C)C.CC(C)OC(=O)CC(C(=O)N1CCC[C@H]1C(=O)N1C[C@]2(C[C@H]1C#N)C(=O)Nc1ccccc12)C(C)(C)C. The maximum absolute atomic E-state index is 13.9. The number of anilines is 3. The number of nitrogens with one attached hydrogen (secondary N) is 3. The molecule has 3 aromatic rings. The van der Waals surface area contributed by atoms with Crippen molar-refractivity contribution in [3.05, 3.63) is 89.5 Å². The number of benzene rings is 3. The molecular formula is C79H101N13O13. The molecule has 0 bridgehead atoms. The molecule has 9 aliphatic heterocycles. The number of esters is 2. The van der Waals surface area contributed by atoms with Gasteiger partial charge in [-0.05, 0) is 117 Å². The van der Waals surface area contributed by atoms with Crippen LogP contribution < -0.4 is 21.7 Å². The Kier molecular flexibility index (Phi) is 22.3. The summed E-state index contributed by atoms with van der Waals surface area (Å²) >= 11 is 0. The number of hydrogen-bond acceptors (Lipinski definition) is 17. The Hall–Kier alpha value is -9.74. The number of nitrogens with two attached hydrogens (primary N) is 1. The average Bonchev–Trinajstić information content (AvgIpc) is 1.58. The number of nitrogens with zero attached hydrogens (tertiary/aromatic N) is 9. The predicted octanol–water partition coefficient (Wildman–Crippen LogP) is 7.36. The van der Waals surface area contributed by atoms with Crippen LogP contribution in [-0.2, 0) is 78.5 Å². The molecular weight excluding hydrogens is 1340 g/mol. The fourth-order valence-electron chi connectivity index (χ4n) is 16.8. The van der Waals surface area contributed by atoms with Gasteiger partial charge in [0.1, 0.15) is 36.3 Å². The summed E-state index contributed by atoms with van der Waals surface area (Å²) in [6, 6.07) is 23.7. The first-order valence-corrected chi connectivity index (χ1v) is 36.8. The van der Waals surface area contributed by atoms with Crippen molar-refractivity contribution in [2.75, 3.05) is 55.2 Å². The topological polar surface area (TPSA) is 359 Å². The lowest BCUT2D eigenvalue weighted by atomic mass is 9.77. The molecule has 6 saturated heterocycles. The maximum Gasteiger partial charge on any atom is 0.306 e. The number of carbonyl (C=O) groups is 11. The van der Waals surface area contributed by atoms with Crippen LogP contribution in [0.15, 0.2) is 72.8 Å². The average molecular weight is 1440 g/mol. The third-order valence-corrected chi connectivity index (χ3v) is 22.6. The van der Waals surface area contributed by atoms with E-state index in [4.69, 9.17) is 15.2 Å². The highest BCUT2D eigenvalue weighted by Crippen LogP contribution is 2.50. The van der Waals surface area contributed by atoms with E-state index in [1.54, 1.807) is 42.4 Å². The van der Waals surface area contributed by atoms with Gasteiger partial charge in [-0.3, -0.25) is 52.7 Å². The first-order valence-electron chi connectivity index (χ1n) is 36.8. The molecule has 0 aliphatic carbocycles. The number of amides is 9. The van der Waals surface area contributed by atoms with Crippen molar-refractivity contribution < 1.29 is 62.2 Å². The number of rotatable bonds is 12. The Labute approximate surface area is 614 Å². The van der Waals surface area contributed by atoms with Gasteiger partial charge >= 0.3 is 11.9 Å². The van der Waals surface area contributed by atoms with Crippen molar-refractivity contribution in [1.29, 1.82) is 15.8 Å². The van der Waals surface area contributed by atoms with Gasteiger partial charge in [0.15, 0.2) is 0 Å². The first-order chi connectivity index (χ1) is 49.4. The van der Waals surface area contributed by atoms with Crippen molar-refractivity contribution in [3.63, 3.8) is 0 Å². The van der Waals surface area contributed by atoms with Gasteiger partial charge < -0.3 is 60.6 Å². The molecule has 9 amide bonds. The van der Waals surface area contributed by atoms with Crippen LogP contribution in [0.2, 0.25) is 0 Å². The van der Waals surface area contributed by atoms with E-state index in [1.165, 1.54) is 14.7 Å². The summed E-state index contributed by atoms with van der Waals surface area (Å²) in [5.74, 6) is -4.45. The van der Waals surface area contributed by atoms with E-state index in [0.29, 0.717) is 69.5 Å². The molecule has 5 N–H and O–H groups in total. The molecule has 9 heterocycles. The minimum Gasteiger partial charge on any atom is -0.463 e. The Morgan fingerprint density at radius 3 is 0.990 bits per heavy atom. The van der Waals surface area contributed by atoms with Crippen LogP contribution in [0.5, 0.6) is 0 Å². The first kappa shape index (κ1) is 77.9. The zero-order chi connectivity index (χ0) is 76.8. The molecule has 105 heavy (non-hydrogen) atoms. The quantitative estimate of drug-likeness (QED) is 0.129. The summed E-state index contributed by atoms with van der Waals surface area (Å²) in [5, 5.41) is 38.4. The van der Waals surface area contributed by atoms with Crippen LogP contribution in [0.3, 0.4) is 0 Å². The molecule has 0 saturated carbocycles. The largest absolute Gasteiger partial charge is 0.463 e. The Morgan fingerprint density at radius 1 is 0.457 bits per heavy atom. The second kappa shape index (κ2) is 30.0. The lowest BCUT2D eigenvalue weighted by Crippen LogP contribution is -2.56. The Balaban J connectivity index is 0.000000170. The summed E-state index contributed by atoms with van der Waals surface area (Å²) < 4.78 is 10.6. The molecule has 12 atom stereocenters. The van der Waals surface area contributed by atoms with Crippen molar-refractivity contribution in [2.24, 2.45) is 33.8 Å². The molecule has 6 fully saturated rings. The van der Waals surface area contributed by atoms with E-state index < -0.39 is 98.6 Å². The number of nitriles is 3. The molecule has 26 nitrogen and oxygen atoms in total. The predicted molar refractivity (Wildman–Crippen MR) is 387 cm³/mol. The van der Waals surface area contributed by atoms with E-state index in [1.807, 2.05) is 135 Å². The van der Waals surface area contributed by atoms with Gasteiger partial charge in [-0.1, -0.05) is 117 Å². The second-order valence-corrected chi connectivity index (χ2v) is 33.4. The maximum atomic E-state index is 13.9. The molecule has 9 aliphatic rings. The standard InChI is InChI=1S/2C28H36N4O5.C23H29N5O3/c2*1-17(2)37-23(33)13-20(27(3,4)5)24(34)31-12-8-11-22(31)25(35)32-16-28(14-18(32)15-29)19-9-6-7-10-21(19)30-26(28)36;1-22(2,3)18(25)20(30)27-10-6-9-17(27)19(29)28-13-23(11-14(28)12-24)15-7-4-5-8-16(15)26-21(23)31/h2*6-7,9-10,17-18,20,22H,8,11-14,16H2,1-5H3,(H,30,36);4-5,7-8,14,17-18H,6,9-11,13,25H2,1-3H3,(H,26,31)/t2*18-,20?,22-,28-;14-,17-,18?,23-/m000/s1. The van der Waals surface area contributed by atoms with Crippen LogP contribution in [-0.4, -0.2) is 188 Å². The van der Waals surface area contributed by atoms with Gasteiger partial charge in [0.2, 0.25) is 53.2 Å². The molecule has 3 aromatic carbocycles. The number of ether oxygens (including phenoxy) is 2. The molecule has 26 heteroatoms. The highest BCUT2D eigenvalue weighted by Gasteiger charge is 2.61. The third kappa shape index (κ3) is 15.0. The van der Waals surface area contributed by atoms with E-state index >= 15 is 0 Å². The summed E-state index contributed by atoms with van der Waals surface area (Å²) in [6.07, 6.45) is 3.46. The number of para-hydroxylation sites is 3. The molecule has 560 valence electrons. The molecule has 3 unspecified atom stereocenters. The minimum atomic E-state index is -0.978. The minimum absolute atomic E-state index is 0.0669. The van der Waals surface area contributed by atoms with Crippen LogP contribution in [0.25, 0.3) is 0 Å². The van der Waals surface area contributed by atoms with E-state index in [0.717, 1.165) is 22.4 Å². The number of likely N-dealkylation sites (tertiary alicyclic amines) is 6. The fourth-order valence-corrected chi connectivity index (χ4v) is 16.8. The van der Waals surface area contributed by atoms with E-state index in [2.05, 4.69) is 34.2 Å². The third-order valence-electron chi connectivity index (χ3n) is 22.6. The van der Waals surface area contributed by atoms with Gasteiger partial charge in [0.05, 0.1) is 77.4 Å². The lowest BCUT2D eigenvalue weighted by molar-refractivity contribution is -0.156. The van der Waals surface area contributed by atoms with Crippen molar-refractivity contribution in [2.45, 2.75) is 231 Å². The molecule has 12 rings (SSSR count). The van der Waals surface area contributed by atoms with Gasteiger partial charge in [-0.15, -0.1) is 0 Å². The van der Waals surface area contributed by atoms with Crippen molar-refractivity contribution >= 4 is 82.2 Å². The number of hydrogen-bond donors (Lipinski definition) is 4. The smallest absolute Gasteiger partial charge is 0.306 e.